The maximum absolute atomic E-state index is 10.8. The Morgan fingerprint density at radius 2 is 1.86 bits per heavy atom. The van der Waals surface area contributed by atoms with Crippen molar-refractivity contribution >= 4 is 5.69 Å². The summed E-state index contributed by atoms with van der Waals surface area (Å²) in [4.78, 5) is 14.6. The first-order chi connectivity index (χ1) is 10.7. The van der Waals surface area contributed by atoms with Gasteiger partial charge in [0.15, 0.2) is 0 Å². The van der Waals surface area contributed by atoms with E-state index >= 15 is 0 Å². The fraction of sp³-hybridized carbons (Fsp3) is 0.125. The predicted molar refractivity (Wildman–Crippen MR) is 80.2 cm³/mol. The fourth-order valence-corrected chi connectivity index (χ4v) is 2.13. The van der Waals surface area contributed by atoms with Gasteiger partial charge >= 0.3 is 0 Å². The smallest absolute Gasteiger partial charge is 0.270 e. The van der Waals surface area contributed by atoms with E-state index in [2.05, 4.69) is 10.1 Å². The topological polar surface area (TPSA) is 82.1 Å². The van der Waals surface area contributed by atoms with E-state index in [1.807, 2.05) is 30.3 Å². The van der Waals surface area contributed by atoms with E-state index in [0.29, 0.717) is 23.7 Å². The van der Waals surface area contributed by atoms with Gasteiger partial charge in [-0.2, -0.15) is 4.98 Å². The molecular weight excluding hydrogens is 282 g/mol. The van der Waals surface area contributed by atoms with Crippen LogP contribution >= 0.6 is 0 Å². The van der Waals surface area contributed by atoms with Crippen molar-refractivity contribution in [3.05, 3.63) is 76.2 Å². The van der Waals surface area contributed by atoms with Crippen molar-refractivity contribution in [2.24, 2.45) is 0 Å². The maximum Gasteiger partial charge on any atom is 0.270 e. The van der Waals surface area contributed by atoms with Gasteiger partial charge in [0.05, 0.1) is 4.92 Å². The standard InChI is InChI=1S/C16H13N3O3/c20-19(21)14-8-4-7-13(11-14)16-17-15(22-18-16)10-9-12-5-2-1-3-6-12/h1-8,11H,9-10H2. The Hall–Kier alpha value is -3.02. The summed E-state index contributed by atoms with van der Waals surface area (Å²) in [6.45, 7) is 0. The summed E-state index contributed by atoms with van der Waals surface area (Å²) in [5, 5.41) is 14.7. The van der Waals surface area contributed by atoms with Crippen molar-refractivity contribution in [1.82, 2.24) is 10.1 Å². The van der Waals surface area contributed by atoms with Crippen LogP contribution in [-0.2, 0) is 12.8 Å². The predicted octanol–water partition coefficient (Wildman–Crippen LogP) is 3.43. The molecule has 0 spiro atoms. The first-order valence-electron chi connectivity index (χ1n) is 6.84. The van der Waals surface area contributed by atoms with Gasteiger partial charge in [-0.3, -0.25) is 10.1 Å². The molecule has 3 aromatic rings. The van der Waals surface area contributed by atoms with Crippen LogP contribution in [0.5, 0.6) is 0 Å². The van der Waals surface area contributed by atoms with E-state index in [4.69, 9.17) is 4.52 Å². The summed E-state index contributed by atoms with van der Waals surface area (Å²) >= 11 is 0. The van der Waals surface area contributed by atoms with Gasteiger partial charge in [0.25, 0.3) is 5.69 Å². The molecule has 0 aliphatic rings. The molecule has 2 aromatic carbocycles. The van der Waals surface area contributed by atoms with Crippen LogP contribution in [-0.4, -0.2) is 15.1 Å². The van der Waals surface area contributed by atoms with E-state index in [9.17, 15) is 10.1 Å². The lowest BCUT2D eigenvalue weighted by Gasteiger charge is -1.96. The van der Waals surface area contributed by atoms with Gasteiger partial charge < -0.3 is 4.52 Å². The molecule has 6 heteroatoms. The van der Waals surface area contributed by atoms with Crippen molar-refractivity contribution < 1.29 is 9.45 Å². The number of aromatic nitrogens is 2. The lowest BCUT2D eigenvalue weighted by atomic mass is 10.1. The van der Waals surface area contributed by atoms with Crippen LogP contribution in [0, 0.1) is 10.1 Å². The van der Waals surface area contributed by atoms with Crippen molar-refractivity contribution in [3.8, 4) is 11.4 Å². The molecule has 1 aromatic heterocycles. The minimum absolute atomic E-state index is 0.00753. The van der Waals surface area contributed by atoms with E-state index in [0.717, 1.165) is 6.42 Å². The minimum Gasteiger partial charge on any atom is -0.339 e. The molecule has 3 rings (SSSR count). The normalized spacial score (nSPS) is 10.5. The summed E-state index contributed by atoms with van der Waals surface area (Å²) in [6.07, 6.45) is 1.43. The van der Waals surface area contributed by atoms with E-state index < -0.39 is 4.92 Å². The molecule has 6 nitrogen and oxygen atoms in total. The van der Waals surface area contributed by atoms with Gasteiger partial charge in [-0.1, -0.05) is 47.6 Å². The lowest BCUT2D eigenvalue weighted by molar-refractivity contribution is -0.384. The number of nitro groups is 1. The molecule has 0 saturated carbocycles. The SMILES string of the molecule is O=[N+]([O-])c1cccc(-c2noc(CCc3ccccc3)n2)c1. The molecule has 0 unspecified atom stereocenters. The molecule has 0 amide bonds. The third kappa shape index (κ3) is 3.17. The number of rotatable bonds is 5. The highest BCUT2D eigenvalue weighted by Gasteiger charge is 2.12. The Bertz CT molecular complexity index is 784. The summed E-state index contributed by atoms with van der Waals surface area (Å²) in [6, 6.07) is 16.2. The van der Waals surface area contributed by atoms with Crippen molar-refractivity contribution in [1.29, 1.82) is 0 Å². The zero-order chi connectivity index (χ0) is 15.4. The number of hydrogen-bond donors (Lipinski definition) is 0. The minimum atomic E-state index is -0.445. The molecule has 0 atom stereocenters. The number of nitro benzene ring substituents is 1. The molecule has 110 valence electrons. The van der Waals surface area contributed by atoms with Crippen LogP contribution in [0.3, 0.4) is 0 Å². The van der Waals surface area contributed by atoms with Gasteiger partial charge in [0.2, 0.25) is 11.7 Å². The van der Waals surface area contributed by atoms with Crippen LogP contribution < -0.4 is 0 Å². The number of benzene rings is 2. The highest BCUT2D eigenvalue weighted by atomic mass is 16.6. The molecular formula is C16H13N3O3. The van der Waals surface area contributed by atoms with Crippen LogP contribution in [0.2, 0.25) is 0 Å². The zero-order valence-corrected chi connectivity index (χ0v) is 11.7. The van der Waals surface area contributed by atoms with Crippen LogP contribution in [0.15, 0.2) is 59.1 Å². The van der Waals surface area contributed by atoms with Gasteiger partial charge in [-0.05, 0) is 12.0 Å². The Morgan fingerprint density at radius 1 is 1.05 bits per heavy atom. The van der Waals surface area contributed by atoms with Crippen molar-refractivity contribution in [2.45, 2.75) is 12.8 Å². The Kier molecular flexibility index (Phi) is 3.91. The second kappa shape index (κ2) is 6.17. The Morgan fingerprint density at radius 3 is 2.64 bits per heavy atom. The summed E-state index contributed by atoms with van der Waals surface area (Å²) in [5.41, 5.74) is 1.77. The van der Waals surface area contributed by atoms with Crippen molar-refractivity contribution in [3.63, 3.8) is 0 Å². The monoisotopic (exact) mass is 295 g/mol. The molecule has 0 bridgehead atoms. The summed E-state index contributed by atoms with van der Waals surface area (Å²) in [5.74, 6) is 0.886. The van der Waals surface area contributed by atoms with Crippen LogP contribution in [0.4, 0.5) is 5.69 Å². The molecule has 0 aliphatic carbocycles. The van der Waals surface area contributed by atoms with Crippen LogP contribution in [0.1, 0.15) is 11.5 Å². The highest BCUT2D eigenvalue weighted by molar-refractivity contribution is 5.58. The number of non-ortho nitro benzene ring substituents is 1. The molecule has 0 aliphatic heterocycles. The molecule has 0 radical (unpaired) electrons. The quantitative estimate of drug-likeness (QED) is 0.532. The molecule has 0 N–H and O–H groups in total. The van der Waals surface area contributed by atoms with Gasteiger partial charge in [-0.15, -0.1) is 0 Å². The average molecular weight is 295 g/mol. The Labute approximate surface area is 126 Å². The number of hydrogen-bond acceptors (Lipinski definition) is 5. The largest absolute Gasteiger partial charge is 0.339 e. The van der Waals surface area contributed by atoms with E-state index in [1.54, 1.807) is 12.1 Å². The third-order valence-corrected chi connectivity index (χ3v) is 3.25. The molecule has 1 heterocycles. The number of aryl methyl sites for hydroxylation is 2. The molecule has 22 heavy (non-hydrogen) atoms. The number of nitrogens with zero attached hydrogens (tertiary/aromatic N) is 3. The second-order valence-electron chi connectivity index (χ2n) is 4.80. The maximum atomic E-state index is 10.8. The first kappa shape index (κ1) is 13.9. The van der Waals surface area contributed by atoms with E-state index in [-0.39, 0.29) is 5.69 Å². The second-order valence-corrected chi connectivity index (χ2v) is 4.80. The van der Waals surface area contributed by atoms with Gasteiger partial charge in [-0.25, -0.2) is 0 Å². The zero-order valence-electron chi connectivity index (χ0n) is 11.7. The summed E-state index contributed by atoms with van der Waals surface area (Å²) in [7, 11) is 0. The molecule has 0 saturated heterocycles. The van der Waals surface area contributed by atoms with Gasteiger partial charge in [0, 0.05) is 24.1 Å². The highest BCUT2D eigenvalue weighted by Crippen LogP contribution is 2.21. The fourth-order valence-electron chi connectivity index (χ4n) is 2.13. The average Bonchev–Trinajstić information content (AvgIpc) is 3.03. The van der Waals surface area contributed by atoms with Gasteiger partial charge in [0.1, 0.15) is 0 Å². The molecule has 0 fully saturated rings. The van der Waals surface area contributed by atoms with E-state index in [1.165, 1.54) is 17.7 Å². The summed E-state index contributed by atoms with van der Waals surface area (Å²) < 4.78 is 5.21. The third-order valence-electron chi connectivity index (χ3n) is 3.25. The Balaban J connectivity index is 1.73. The lowest BCUT2D eigenvalue weighted by Crippen LogP contribution is -1.92. The van der Waals surface area contributed by atoms with Crippen LogP contribution in [0.25, 0.3) is 11.4 Å². The first-order valence-corrected chi connectivity index (χ1v) is 6.84. The van der Waals surface area contributed by atoms with Crippen molar-refractivity contribution in [2.75, 3.05) is 0 Å².